The maximum atomic E-state index is 12.4. The number of nitrogens with one attached hydrogen (secondary N) is 2. The van der Waals surface area contributed by atoms with Gasteiger partial charge in [-0.05, 0) is 48.0 Å². The van der Waals surface area contributed by atoms with Gasteiger partial charge in [-0.1, -0.05) is 6.07 Å². The number of aromatic nitrogens is 2. The number of carbonyl (C=O) groups is 2. The van der Waals surface area contributed by atoms with E-state index in [-0.39, 0.29) is 11.6 Å². The van der Waals surface area contributed by atoms with Gasteiger partial charge in [-0.15, -0.1) is 0 Å². The van der Waals surface area contributed by atoms with Crippen LogP contribution in [0.1, 0.15) is 32.0 Å². The highest BCUT2D eigenvalue weighted by Crippen LogP contribution is 2.12. The molecule has 0 fully saturated rings. The molecule has 2 N–H and O–H groups in total. The van der Waals surface area contributed by atoms with E-state index >= 15 is 0 Å². The van der Waals surface area contributed by atoms with Crippen molar-refractivity contribution in [2.45, 2.75) is 6.54 Å². The van der Waals surface area contributed by atoms with Crippen LogP contribution in [0.2, 0.25) is 0 Å². The molecular formula is C20H15N5O2. The molecule has 1 aromatic carbocycles. The van der Waals surface area contributed by atoms with E-state index in [1.54, 1.807) is 48.8 Å². The van der Waals surface area contributed by atoms with E-state index < -0.39 is 5.91 Å². The zero-order chi connectivity index (χ0) is 19.1. The van der Waals surface area contributed by atoms with Gasteiger partial charge in [0.15, 0.2) is 0 Å². The molecular weight excluding hydrogens is 342 g/mol. The standard InChI is InChI=1S/C20H15N5O2/c21-12-15-2-1-3-17(10-15)25-19(26)16-6-9-23-18(11-16)20(27)24-13-14-4-7-22-8-5-14/h1-11H,13H2,(H,24,27)(H,25,26). The minimum atomic E-state index is -0.393. The van der Waals surface area contributed by atoms with Crippen molar-refractivity contribution in [2.24, 2.45) is 0 Å². The first-order valence-corrected chi connectivity index (χ1v) is 8.10. The molecule has 0 saturated carbocycles. The number of hydrogen-bond donors (Lipinski definition) is 2. The summed E-state index contributed by atoms with van der Waals surface area (Å²) in [5, 5.41) is 14.4. The van der Waals surface area contributed by atoms with E-state index in [9.17, 15) is 9.59 Å². The van der Waals surface area contributed by atoms with Crippen LogP contribution >= 0.6 is 0 Å². The quantitative estimate of drug-likeness (QED) is 0.729. The summed E-state index contributed by atoms with van der Waals surface area (Å²) in [5.74, 6) is -0.774. The van der Waals surface area contributed by atoms with Crippen molar-refractivity contribution < 1.29 is 9.59 Å². The van der Waals surface area contributed by atoms with Gasteiger partial charge in [0.2, 0.25) is 0 Å². The van der Waals surface area contributed by atoms with Gasteiger partial charge in [0.1, 0.15) is 5.69 Å². The van der Waals surface area contributed by atoms with Crippen LogP contribution in [0.4, 0.5) is 5.69 Å². The summed E-state index contributed by atoms with van der Waals surface area (Å²) >= 11 is 0. The number of benzene rings is 1. The molecule has 132 valence electrons. The second kappa shape index (κ2) is 8.36. The molecule has 0 aliphatic heterocycles. The van der Waals surface area contributed by atoms with Crippen molar-refractivity contribution in [3.8, 4) is 6.07 Å². The molecule has 0 spiro atoms. The fourth-order valence-corrected chi connectivity index (χ4v) is 2.34. The molecule has 0 radical (unpaired) electrons. The topological polar surface area (TPSA) is 108 Å². The Bertz CT molecular complexity index is 1010. The third-order valence-corrected chi connectivity index (χ3v) is 3.71. The number of carbonyl (C=O) groups excluding carboxylic acids is 2. The van der Waals surface area contributed by atoms with Gasteiger partial charge in [0, 0.05) is 36.4 Å². The van der Waals surface area contributed by atoms with Gasteiger partial charge in [-0.2, -0.15) is 5.26 Å². The lowest BCUT2D eigenvalue weighted by Crippen LogP contribution is -2.24. The Hall–Kier alpha value is -4.05. The number of hydrogen-bond acceptors (Lipinski definition) is 5. The average molecular weight is 357 g/mol. The zero-order valence-corrected chi connectivity index (χ0v) is 14.2. The third kappa shape index (κ3) is 4.74. The zero-order valence-electron chi connectivity index (χ0n) is 14.2. The summed E-state index contributed by atoms with van der Waals surface area (Å²) in [5.41, 5.74) is 2.28. The lowest BCUT2D eigenvalue weighted by molar-refractivity contribution is 0.0946. The normalized spacial score (nSPS) is 9.89. The Balaban J connectivity index is 1.68. The van der Waals surface area contributed by atoms with Crippen LogP contribution in [0.25, 0.3) is 0 Å². The first-order chi connectivity index (χ1) is 13.2. The Labute approximate surface area is 155 Å². The van der Waals surface area contributed by atoms with Crippen molar-refractivity contribution >= 4 is 17.5 Å². The van der Waals surface area contributed by atoms with E-state index in [0.29, 0.717) is 23.4 Å². The van der Waals surface area contributed by atoms with E-state index in [2.05, 4.69) is 20.6 Å². The predicted octanol–water partition coefficient (Wildman–Crippen LogP) is 2.53. The van der Waals surface area contributed by atoms with Crippen LogP contribution in [0.3, 0.4) is 0 Å². The molecule has 0 unspecified atom stereocenters. The number of nitriles is 1. The van der Waals surface area contributed by atoms with Crippen molar-refractivity contribution in [3.63, 3.8) is 0 Å². The average Bonchev–Trinajstić information content (AvgIpc) is 2.73. The molecule has 0 aliphatic rings. The fraction of sp³-hybridized carbons (Fsp3) is 0.0500. The van der Waals surface area contributed by atoms with E-state index in [1.807, 2.05) is 6.07 Å². The second-order valence-corrected chi connectivity index (χ2v) is 5.61. The molecule has 2 amide bonds. The largest absolute Gasteiger partial charge is 0.347 e. The number of rotatable bonds is 5. The van der Waals surface area contributed by atoms with Crippen LogP contribution in [0.5, 0.6) is 0 Å². The Morgan fingerprint density at radius 3 is 2.59 bits per heavy atom. The van der Waals surface area contributed by atoms with Crippen LogP contribution < -0.4 is 10.6 Å². The van der Waals surface area contributed by atoms with Crippen LogP contribution in [-0.4, -0.2) is 21.8 Å². The van der Waals surface area contributed by atoms with Gasteiger partial charge in [-0.25, -0.2) is 0 Å². The van der Waals surface area contributed by atoms with Crippen LogP contribution in [0, 0.1) is 11.3 Å². The Kier molecular flexibility index (Phi) is 5.50. The second-order valence-electron chi connectivity index (χ2n) is 5.61. The molecule has 0 atom stereocenters. The lowest BCUT2D eigenvalue weighted by atomic mass is 10.2. The van der Waals surface area contributed by atoms with Crippen molar-refractivity contribution in [3.05, 3.63) is 89.5 Å². The minimum absolute atomic E-state index is 0.141. The predicted molar refractivity (Wildman–Crippen MR) is 98.8 cm³/mol. The van der Waals surface area contributed by atoms with Gasteiger partial charge >= 0.3 is 0 Å². The van der Waals surface area contributed by atoms with Crippen molar-refractivity contribution in [1.29, 1.82) is 5.26 Å². The van der Waals surface area contributed by atoms with Crippen LogP contribution in [-0.2, 0) is 6.54 Å². The summed E-state index contributed by atoms with van der Waals surface area (Å²) in [6.07, 6.45) is 4.69. The number of pyridine rings is 2. The Morgan fingerprint density at radius 1 is 1.00 bits per heavy atom. The summed E-state index contributed by atoms with van der Waals surface area (Å²) in [6.45, 7) is 0.334. The summed E-state index contributed by atoms with van der Waals surface area (Å²) in [6, 6.07) is 15.1. The van der Waals surface area contributed by atoms with Crippen LogP contribution in [0.15, 0.2) is 67.1 Å². The van der Waals surface area contributed by atoms with Crippen molar-refractivity contribution in [1.82, 2.24) is 15.3 Å². The van der Waals surface area contributed by atoms with Gasteiger partial charge in [0.05, 0.1) is 11.6 Å². The maximum absolute atomic E-state index is 12.4. The van der Waals surface area contributed by atoms with Gasteiger partial charge in [0.25, 0.3) is 11.8 Å². The van der Waals surface area contributed by atoms with E-state index in [1.165, 1.54) is 18.3 Å². The lowest BCUT2D eigenvalue weighted by Gasteiger charge is -2.08. The van der Waals surface area contributed by atoms with Crippen molar-refractivity contribution in [2.75, 3.05) is 5.32 Å². The molecule has 2 aromatic heterocycles. The molecule has 27 heavy (non-hydrogen) atoms. The first-order valence-electron chi connectivity index (χ1n) is 8.10. The number of amides is 2. The number of nitrogens with zero attached hydrogens (tertiary/aromatic N) is 3. The molecule has 7 nitrogen and oxygen atoms in total. The van der Waals surface area contributed by atoms with E-state index in [4.69, 9.17) is 5.26 Å². The van der Waals surface area contributed by atoms with Gasteiger partial charge < -0.3 is 10.6 Å². The summed E-state index contributed by atoms with van der Waals surface area (Å²) < 4.78 is 0. The molecule has 3 rings (SSSR count). The molecule has 3 aromatic rings. The highest BCUT2D eigenvalue weighted by molar-refractivity contribution is 6.05. The molecule has 0 aliphatic carbocycles. The first kappa shape index (κ1) is 17.8. The summed E-state index contributed by atoms with van der Waals surface area (Å²) in [4.78, 5) is 32.6. The molecule has 0 saturated heterocycles. The fourth-order valence-electron chi connectivity index (χ4n) is 2.34. The van der Waals surface area contributed by atoms with E-state index in [0.717, 1.165) is 5.56 Å². The summed E-state index contributed by atoms with van der Waals surface area (Å²) in [7, 11) is 0. The minimum Gasteiger partial charge on any atom is -0.347 e. The third-order valence-electron chi connectivity index (χ3n) is 3.71. The SMILES string of the molecule is N#Cc1cccc(NC(=O)c2ccnc(C(=O)NCc3ccncc3)c2)c1. The molecule has 7 heteroatoms. The Morgan fingerprint density at radius 2 is 1.81 bits per heavy atom. The maximum Gasteiger partial charge on any atom is 0.270 e. The molecule has 2 heterocycles. The number of anilines is 1. The molecule has 0 bridgehead atoms. The smallest absolute Gasteiger partial charge is 0.270 e. The van der Waals surface area contributed by atoms with Gasteiger partial charge in [-0.3, -0.25) is 19.6 Å². The highest BCUT2D eigenvalue weighted by Gasteiger charge is 2.12. The highest BCUT2D eigenvalue weighted by atomic mass is 16.2. The monoisotopic (exact) mass is 357 g/mol.